The van der Waals surface area contributed by atoms with E-state index in [2.05, 4.69) is 99.3 Å². The van der Waals surface area contributed by atoms with Gasteiger partial charge in [0, 0.05) is 50.6 Å². The smallest absolute Gasteiger partial charge is 0.163 e. The fraction of sp³-hybridized carbons (Fsp3) is 0.548. The second-order valence-electron chi connectivity index (χ2n) is 12.0. The average Bonchev–Trinajstić information content (AvgIpc) is 3.41. The third-order valence-electron chi connectivity index (χ3n) is 8.39. The van der Waals surface area contributed by atoms with Crippen LogP contribution in [-0.2, 0) is 9.47 Å². The van der Waals surface area contributed by atoms with Crippen molar-refractivity contribution < 1.29 is 9.47 Å². The van der Waals surface area contributed by atoms with Gasteiger partial charge in [0.25, 0.3) is 0 Å². The molecule has 0 saturated carbocycles. The zero-order valence-corrected chi connectivity index (χ0v) is 23.8. The van der Waals surface area contributed by atoms with Gasteiger partial charge in [0.2, 0.25) is 0 Å². The molecule has 3 fully saturated rings. The van der Waals surface area contributed by atoms with Crippen molar-refractivity contribution in [3.63, 3.8) is 0 Å². The molecule has 0 N–H and O–H groups in total. The van der Waals surface area contributed by atoms with Crippen LogP contribution in [-0.4, -0.2) is 67.1 Å². The number of fused-ring (bicyclic) bond motifs is 3. The van der Waals surface area contributed by atoms with Crippen LogP contribution < -0.4 is 9.80 Å². The molecule has 4 aliphatic rings. The van der Waals surface area contributed by atoms with Gasteiger partial charge in [0.05, 0.1) is 0 Å². The Morgan fingerprint density at radius 2 is 0.946 bits per heavy atom. The highest BCUT2D eigenvalue weighted by molar-refractivity contribution is 5.69. The van der Waals surface area contributed by atoms with E-state index in [1.54, 1.807) is 0 Å². The molecule has 0 bridgehead atoms. The number of ether oxygens (including phenoxy) is 2. The Hall–Kier alpha value is -2.70. The monoisotopic (exact) mass is 502 g/mol. The van der Waals surface area contributed by atoms with Crippen molar-refractivity contribution in [1.82, 2.24) is 9.80 Å². The number of rotatable bonds is 2. The quantitative estimate of drug-likeness (QED) is 0.565. The average molecular weight is 503 g/mol. The Morgan fingerprint density at radius 3 is 1.30 bits per heavy atom. The number of nitrogens with zero attached hydrogens (tertiary/aromatic N) is 4. The zero-order valence-electron chi connectivity index (χ0n) is 23.8. The maximum Gasteiger partial charge on any atom is 0.163 e. The fourth-order valence-electron chi connectivity index (χ4n) is 7.37. The van der Waals surface area contributed by atoms with Crippen molar-refractivity contribution in [2.45, 2.75) is 73.4 Å². The van der Waals surface area contributed by atoms with Crippen LogP contribution in [0.25, 0.3) is 0 Å². The number of benzene rings is 2. The second kappa shape index (κ2) is 8.67. The van der Waals surface area contributed by atoms with E-state index in [1.807, 2.05) is 0 Å². The lowest BCUT2D eigenvalue weighted by Gasteiger charge is -2.39. The van der Waals surface area contributed by atoms with E-state index in [4.69, 9.17) is 9.47 Å². The van der Waals surface area contributed by atoms with Gasteiger partial charge in [-0.05, 0) is 77.6 Å². The van der Waals surface area contributed by atoms with E-state index >= 15 is 0 Å². The summed E-state index contributed by atoms with van der Waals surface area (Å²) in [6.45, 7) is 23.1. The van der Waals surface area contributed by atoms with Crippen LogP contribution in [0.15, 0.2) is 35.9 Å². The molecule has 0 spiro atoms. The van der Waals surface area contributed by atoms with Crippen LogP contribution in [0.4, 0.5) is 11.4 Å². The highest BCUT2D eigenvalue weighted by Gasteiger charge is 2.49. The van der Waals surface area contributed by atoms with E-state index in [-0.39, 0.29) is 12.2 Å². The Kier molecular flexibility index (Phi) is 5.77. The highest BCUT2D eigenvalue weighted by atomic mass is 16.8. The lowest BCUT2D eigenvalue weighted by molar-refractivity contribution is -0.147. The molecular formula is C31H42N4O2. The van der Waals surface area contributed by atoms with Crippen LogP contribution in [0, 0.1) is 41.5 Å². The molecule has 2 aromatic carbocycles. The maximum absolute atomic E-state index is 6.47. The van der Waals surface area contributed by atoms with Crippen molar-refractivity contribution in [3.8, 4) is 0 Å². The summed E-state index contributed by atoms with van der Waals surface area (Å²) < 4.78 is 12.9. The molecule has 0 aromatic heterocycles. The van der Waals surface area contributed by atoms with E-state index in [1.165, 1.54) is 56.4 Å². The van der Waals surface area contributed by atoms with Gasteiger partial charge in [-0.1, -0.05) is 35.4 Å². The summed E-state index contributed by atoms with van der Waals surface area (Å²) in [6, 6.07) is 9.29. The number of hydrogen-bond acceptors (Lipinski definition) is 6. The molecule has 3 saturated heterocycles. The third kappa shape index (κ3) is 4.09. The van der Waals surface area contributed by atoms with Crippen molar-refractivity contribution in [2.24, 2.45) is 0 Å². The number of anilines is 2. The van der Waals surface area contributed by atoms with Gasteiger partial charge in [0.1, 0.15) is 12.2 Å². The first-order valence-corrected chi connectivity index (χ1v) is 13.8. The minimum atomic E-state index is -0.549. The molecule has 0 aliphatic carbocycles. The number of hydrogen-bond donors (Lipinski definition) is 0. The Labute approximate surface area is 222 Å². The predicted molar refractivity (Wildman–Crippen MR) is 150 cm³/mol. The molecule has 2 aromatic rings. The largest absolute Gasteiger partial charge is 0.350 e. The van der Waals surface area contributed by atoms with Crippen LogP contribution in [0.2, 0.25) is 0 Å². The number of aryl methyl sites for hydroxylation is 6. The topological polar surface area (TPSA) is 31.4 Å². The molecule has 6 rings (SSSR count). The minimum absolute atomic E-state index is 0.0589. The first-order valence-electron chi connectivity index (χ1n) is 13.8. The van der Waals surface area contributed by atoms with Gasteiger partial charge in [0.15, 0.2) is 17.4 Å². The molecule has 0 radical (unpaired) electrons. The Balaban J connectivity index is 1.54. The highest BCUT2D eigenvalue weighted by Crippen LogP contribution is 2.43. The predicted octanol–water partition coefficient (Wildman–Crippen LogP) is 5.14. The lowest BCUT2D eigenvalue weighted by atomic mass is 10.0. The molecule has 4 aliphatic heterocycles. The normalized spacial score (nSPS) is 26.8. The Morgan fingerprint density at radius 1 is 0.595 bits per heavy atom. The molecule has 6 heteroatoms. The fourth-order valence-corrected chi connectivity index (χ4v) is 7.37. The summed E-state index contributed by atoms with van der Waals surface area (Å²) in [5, 5.41) is 0. The summed E-state index contributed by atoms with van der Waals surface area (Å²) in [5.74, 6) is 2.09. The summed E-state index contributed by atoms with van der Waals surface area (Å²) >= 11 is 0. The first kappa shape index (κ1) is 24.6. The molecule has 2 atom stereocenters. The van der Waals surface area contributed by atoms with E-state index in [9.17, 15) is 0 Å². The summed E-state index contributed by atoms with van der Waals surface area (Å²) in [7, 11) is 0. The van der Waals surface area contributed by atoms with Crippen molar-refractivity contribution >= 4 is 11.4 Å². The van der Waals surface area contributed by atoms with Gasteiger partial charge in [-0.15, -0.1) is 0 Å². The van der Waals surface area contributed by atoms with Gasteiger partial charge in [-0.2, -0.15) is 0 Å². The van der Waals surface area contributed by atoms with Crippen LogP contribution in [0.1, 0.15) is 47.2 Å². The molecule has 37 heavy (non-hydrogen) atoms. The summed E-state index contributed by atoms with van der Waals surface area (Å²) in [4.78, 5) is 10.3. The molecule has 6 nitrogen and oxygen atoms in total. The van der Waals surface area contributed by atoms with Crippen LogP contribution >= 0.6 is 0 Å². The van der Waals surface area contributed by atoms with Gasteiger partial charge < -0.3 is 29.1 Å². The Bertz CT molecular complexity index is 1140. The second-order valence-corrected chi connectivity index (χ2v) is 12.0. The molecule has 0 unspecified atom stereocenters. The van der Waals surface area contributed by atoms with Gasteiger partial charge in [-0.25, -0.2) is 0 Å². The van der Waals surface area contributed by atoms with E-state index in [0.717, 1.165) is 39.3 Å². The SMILES string of the molecule is Cc1cc(C)c(N2CCN3C[C@@H]4OC(C)(C)O[C@H]4CN4CCN(c5c(C)cc(C)cc5C)/C4=C/32)c(C)c1. The lowest BCUT2D eigenvalue weighted by Crippen LogP contribution is -2.47. The van der Waals surface area contributed by atoms with Crippen LogP contribution in [0.5, 0.6) is 0 Å². The maximum atomic E-state index is 6.47. The van der Waals surface area contributed by atoms with Crippen molar-refractivity contribution in [2.75, 3.05) is 49.1 Å². The van der Waals surface area contributed by atoms with Crippen LogP contribution in [0.3, 0.4) is 0 Å². The molecular weight excluding hydrogens is 460 g/mol. The molecule has 4 heterocycles. The van der Waals surface area contributed by atoms with Crippen molar-refractivity contribution in [3.05, 3.63) is 69.3 Å². The standard InChI is InChI=1S/C31H42N4O2/c1-19-13-21(3)27(22(4)14-19)34-11-9-32-17-25-26(37-31(7,8)36-25)18-33-10-12-35(30(33)29(32)34)28-23(5)15-20(2)16-24(28)6/h13-16,25-26H,9-12,17-18H2,1-8H3/b30-29-/t25-,26-/m0/s1. The van der Waals surface area contributed by atoms with E-state index < -0.39 is 5.79 Å². The summed E-state index contributed by atoms with van der Waals surface area (Å²) in [5.41, 5.74) is 10.7. The zero-order chi connectivity index (χ0) is 26.2. The van der Waals surface area contributed by atoms with E-state index in [0.29, 0.717) is 0 Å². The summed E-state index contributed by atoms with van der Waals surface area (Å²) in [6.07, 6.45) is 0.118. The van der Waals surface area contributed by atoms with Gasteiger partial charge in [-0.3, -0.25) is 0 Å². The molecule has 0 amide bonds. The first-order chi connectivity index (χ1) is 17.5. The third-order valence-corrected chi connectivity index (χ3v) is 8.39. The minimum Gasteiger partial charge on any atom is -0.350 e. The molecule has 198 valence electrons. The van der Waals surface area contributed by atoms with Crippen molar-refractivity contribution in [1.29, 1.82) is 0 Å². The van der Waals surface area contributed by atoms with Gasteiger partial charge >= 0.3 is 0 Å².